The molecule has 0 unspecified atom stereocenters. The highest BCUT2D eigenvalue weighted by atomic mass is 16.6. The minimum absolute atomic E-state index is 0.0887. The van der Waals surface area contributed by atoms with Crippen LogP contribution in [0.3, 0.4) is 0 Å². The Balaban J connectivity index is 1.48. The van der Waals surface area contributed by atoms with Crippen LogP contribution in [-0.2, 0) is 9.53 Å². The summed E-state index contributed by atoms with van der Waals surface area (Å²) in [5.74, 6) is 0.809. The van der Waals surface area contributed by atoms with Crippen LogP contribution >= 0.6 is 0 Å². The van der Waals surface area contributed by atoms with Gasteiger partial charge in [-0.3, -0.25) is 0 Å². The van der Waals surface area contributed by atoms with E-state index in [1.54, 1.807) is 0 Å². The Morgan fingerprint density at radius 1 is 0.800 bits per heavy atom. The van der Waals surface area contributed by atoms with Gasteiger partial charge in [-0.2, -0.15) is 0 Å². The molecule has 0 aliphatic heterocycles. The number of para-hydroxylation sites is 2. The Bertz CT molecular complexity index is 1020. The fourth-order valence-corrected chi connectivity index (χ4v) is 5.40. The fraction of sp³-hybridized carbons (Fsp3) is 0.387. The van der Waals surface area contributed by atoms with Gasteiger partial charge in [-0.25, -0.2) is 4.79 Å². The molecule has 4 rings (SSSR count). The molecule has 0 N–H and O–H groups in total. The van der Waals surface area contributed by atoms with E-state index in [9.17, 15) is 4.79 Å². The van der Waals surface area contributed by atoms with Crippen LogP contribution in [0.4, 0.5) is 17.1 Å². The number of esters is 1. The van der Waals surface area contributed by atoms with Gasteiger partial charge in [0.15, 0.2) is 6.61 Å². The van der Waals surface area contributed by atoms with Crippen LogP contribution in [0, 0.1) is 5.92 Å². The molecule has 0 bridgehead atoms. The lowest BCUT2D eigenvalue weighted by molar-refractivity contribution is -0.172. The van der Waals surface area contributed by atoms with Gasteiger partial charge in [0.25, 0.3) is 0 Å². The van der Waals surface area contributed by atoms with Crippen LogP contribution in [0.1, 0.15) is 58.8 Å². The predicted molar refractivity (Wildman–Crippen MR) is 143 cm³/mol. The molecule has 1 aliphatic rings. The topological polar surface area (TPSA) is 38.8 Å². The molecule has 1 fully saturated rings. The maximum Gasteiger partial charge on any atom is 0.344 e. The van der Waals surface area contributed by atoms with Gasteiger partial charge in [-0.15, -0.1) is 0 Å². The van der Waals surface area contributed by atoms with E-state index in [4.69, 9.17) is 9.47 Å². The Kier molecular flexibility index (Phi) is 8.46. The molecular weight excluding hydrogens is 434 g/mol. The van der Waals surface area contributed by atoms with Crippen molar-refractivity contribution in [1.82, 2.24) is 0 Å². The highest BCUT2D eigenvalue weighted by Gasteiger charge is 2.39. The largest absolute Gasteiger partial charge is 0.482 e. The lowest BCUT2D eigenvalue weighted by Crippen LogP contribution is -2.43. The van der Waals surface area contributed by atoms with Gasteiger partial charge >= 0.3 is 5.97 Å². The highest BCUT2D eigenvalue weighted by Crippen LogP contribution is 2.40. The molecule has 4 nitrogen and oxygen atoms in total. The van der Waals surface area contributed by atoms with Crippen molar-refractivity contribution in [3.05, 3.63) is 84.9 Å². The summed E-state index contributed by atoms with van der Waals surface area (Å²) in [6, 6.07) is 28.3. The van der Waals surface area contributed by atoms with Crippen molar-refractivity contribution < 1.29 is 14.3 Å². The molecule has 1 saturated carbocycles. The van der Waals surface area contributed by atoms with E-state index < -0.39 is 0 Å². The van der Waals surface area contributed by atoms with Crippen LogP contribution in [0.5, 0.6) is 5.75 Å². The molecule has 0 aromatic heterocycles. The number of anilines is 3. The summed E-state index contributed by atoms with van der Waals surface area (Å²) >= 11 is 0. The second-order valence-corrected chi connectivity index (χ2v) is 9.37. The molecule has 0 saturated heterocycles. The van der Waals surface area contributed by atoms with Crippen LogP contribution < -0.4 is 9.64 Å². The van der Waals surface area contributed by atoms with Crippen molar-refractivity contribution in [3.8, 4) is 5.75 Å². The number of ether oxygens (including phenoxy) is 2. The van der Waals surface area contributed by atoms with Gasteiger partial charge < -0.3 is 14.4 Å². The molecular formula is C31H37NO3. The molecule has 184 valence electrons. The zero-order valence-corrected chi connectivity index (χ0v) is 21.0. The van der Waals surface area contributed by atoms with E-state index in [-0.39, 0.29) is 18.2 Å². The number of carbonyl (C=O) groups excluding carboxylic acids is 1. The first kappa shape index (κ1) is 24.8. The van der Waals surface area contributed by atoms with E-state index >= 15 is 0 Å². The second kappa shape index (κ2) is 11.9. The maximum absolute atomic E-state index is 12.9. The number of nitrogens with zero attached hydrogens (tertiary/aromatic N) is 1. The van der Waals surface area contributed by atoms with Crippen molar-refractivity contribution in [3.63, 3.8) is 0 Å². The predicted octanol–water partition coefficient (Wildman–Crippen LogP) is 8.22. The van der Waals surface area contributed by atoms with Crippen molar-refractivity contribution in [2.75, 3.05) is 11.5 Å². The monoisotopic (exact) mass is 471 g/mol. The summed E-state index contributed by atoms with van der Waals surface area (Å²) in [6.07, 6.45) is 7.73. The summed E-state index contributed by atoms with van der Waals surface area (Å²) in [5, 5.41) is 0. The molecule has 0 spiro atoms. The first-order chi connectivity index (χ1) is 17.1. The van der Waals surface area contributed by atoms with E-state index in [2.05, 4.69) is 43.0 Å². The van der Waals surface area contributed by atoms with E-state index in [0.29, 0.717) is 11.7 Å². The molecule has 35 heavy (non-hydrogen) atoms. The third-order valence-electron chi connectivity index (χ3n) is 7.32. The Morgan fingerprint density at radius 2 is 1.37 bits per heavy atom. The van der Waals surface area contributed by atoms with Gasteiger partial charge in [0.2, 0.25) is 0 Å². The van der Waals surface area contributed by atoms with E-state index in [1.807, 2.05) is 60.7 Å². The van der Waals surface area contributed by atoms with Crippen molar-refractivity contribution in [2.24, 2.45) is 5.92 Å². The average molecular weight is 472 g/mol. The molecule has 4 heteroatoms. The molecule has 0 heterocycles. The average Bonchev–Trinajstić information content (AvgIpc) is 2.93. The summed E-state index contributed by atoms with van der Waals surface area (Å²) in [7, 11) is 0. The number of benzene rings is 3. The van der Waals surface area contributed by atoms with Gasteiger partial charge in [-0.1, -0.05) is 75.6 Å². The van der Waals surface area contributed by atoms with Gasteiger partial charge in [-0.05, 0) is 68.0 Å². The fourth-order valence-electron chi connectivity index (χ4n) is 5.40. The Labute approximate surface area is 209 Å². The lowest BCUT2D eigenvalue weighted by atomic mass is 9.74. The van der Waals surface area contributed by atoms with Gasteiger partial charge in [0.1, 0.15) is 11.4 Å². The first-order valence-electron chi connectivity index (χ1n) is 13.0. The maximum atomic E-state index is 12.9. The number of hydrogen-bond donors (Lipinski definition) is 0. The number of rotatable bonds is 10. The van der Waals surface area contributed by atoms with Gasteiger partial charge in [0.05, 0.1) is 0 Å². The number of carbonyl (C=O) groups is 1. The van der Waals surface area contributed by atoms with Crippen LogP contribution in [-0.4, -0.2) is 18.2 Å². The summed E-state index contributed by atoms with van der Waals surface area (Å²) in [5.41, 5.74) is 2.70. The minimum atomic E-state index is -0.375. The standard InChI is InChI=1S/C31H37NO3/c1-3-31(4-2,25-15-8-5-9-16-25)35-30(33)24-34-29-22-14-21-28(23-29)32(26-17-10-6-11-18-26)27-19-12-7-13-20-27/h6-7,10-14,17-23,25H,3-5,8-9,15-16,24H2,1-2H3. The van der Waals surface area contributed by atoms with Crippen molar-refractivity contribution >= 4 is 23.0 Å². The first-order valence-corrected chi connectivity index (χ1v) is 13.0. The smallest absolute Gasteiger partial charge is 0.344 e. The molecule has 3 aromatic rings. The lowest BCUT2D eigenvalue weighted by Gasteiger charge is -2.41. The van der Waals surface area contributed by atoms with Crippen LogP contribution in [0.15, 0.2) is 84.9 Å². The molecule has 0 atom stereocenters. The van der Waals surface area contributed by atoms with Crippen molar-refractivity contribution in [1.29, 1.82) is 0 Å². The summed E-state index contributed by atoms with van der Waals surface area (Å²) < 4.78 is 12.1. The Morgan fingerprint density at radius 3 is 1.94 bits per heavy atom. The second-order valence-electron chi connectivity index (χ2n) is 9.37. The molecule has 3 aromatic carbocycles. The highest BCUT2D eigenvalue weighted by molar-refractivity contribution is 5.77. The third-order valence-corrected chi connectivity index (χ3v) is 7.32. The zero-order valence-electron chi connectivity index (χ0n) is 21.0. The van der Waals surface area contributed by atoms with Gasteiger partial charge in [0, 0.05) is 23.1 Å². The van der Waals surface area contributed by atoms with E-state index in [0.717, 1.165) is 42.7 Å². The molecule has 0 amide bonds. The minimum Gasteiger partial charge on any atom is -0.482 e. The SMILES string of the molecule is CCC(CC)(OC(=O)COc1cccc(N(c2ccccc2)c2ccccc2)c1)C1CCCCC1. The quantitative estimate of drug-likeness (QED) is 0.279. The van der Waals surface area contributed by atoms with E-state index in [1.165, 1.54) is 19.3 Å². The summed E-state index contributed by atoms with van der Waals surface area (Å²) in [6.45, 7) is 4.18. The third kappa shape index (κ3) is 6.05. The van der Waals surface area contributed by atoms with Crippen LogP contribution in [0.25, 0.3) is 0 Å². The zero-order chi connectivity index (χ0) is 24.5. The molecule has 0 radical (unpaired) electrons. The van der Waals surface area contributed by atoms with Crippen molar-refractivity contribution in [2.45, 2.75) is 64.4 Å². The number of hydrogen-bond acceptors (Lipinski definition) is 4. The normalized spacial score (nSPS) is 14.3. The summed E-state index contributed by atoms with van der Waals surface area (Å²) in [4.78, 5) is 15.1. The van der Waals surface area contributed by atoms with Crippen LogP contribution in [0.2, 0.25) is 0 Å². The molecule has 1 aliphatic carbocycles. The Hall–Kier alpha value is -3.27.